The van der Waals surface area contributed by atoms with Crippen LogP contribution in [0.1, 0.15) is 48.5 Å². The van der Waals surface area contributed by atoms with E-state index in [1.165, 1.54) is 49.7 Å². The molecule has 1 heterocycles. The summed E-state index contributed by atoms with van der Waals surface area (Å²) in [5.74, 6) is 0.760. The van der Waals surface area contributed by atoms with E-state index in [0.29, 0.717) is 11.8 Å². The molecular weight excluding hydrogens is 435 g/mol. The predicted octanol–water partition coefficient (Wildman–Crippen LogP) is 4.94. The lowest BCUT2D eigenvalue weighted by atomic mass is 9.84. The molecule has 4 rings (SSSR count). The zero-order chi connectivity index (χ0) is 23.6. The molecule has 6 nitrogen and oxygen atoms in total. The van der Waals surface area contributed by atoms with Crippen molar-refractivity contribution in [2.45, 2.75) is 44.8 Å². The summed E-state index contributed by atoms with van der Waals surface area (Å²) >= 11 is 0. The van der Waals surface area contributed by atoms with Crippen molar-refractivity contribution in [3.8, 4) is 0 Å². The van der Waals surface area contributed by atoms with E-state index in [4.69, 9.17) is 4.74 Å². The number of nitrogens with zero attached hydrogens (tertiary/aromatic N) is 1. The highest BCUT2D eigenvalue weighted by Crippen LogP contribution is 2.49. The Bertz CT molecular complexity index is 1030. The molecule has 9 heteroatoms. The third-order valence-corrected chi connectivity index (χ3v) is 6.64. The Kier molecular flexibility index (Phi) is 6.58. The molecule has 2 saturated carbocycles. The van der Waals surface area contributed by atoms with Crippen molar-refractivity contribution in [3.05, 3.63) is 53.7 Å². The monoisotopic (exact) mass is 461 g/mol. The molecule has 2 aliphatic carbocycles. The molecule has 0 unspecified atom stereocenters. The molecule has 4 atom stereocenters. The van der Waals surface area contributed by atoms with E-state index in [2.05, 4.69) is 15.6 Å². The van der Waals surface area contributed by atoms with Gasteiger partial charge >= 0.3 is 12.1 Å². The maximum absolute atomic E-state index is 13.0. The van der Waals surface area contributed by atoms with Gasteiger partial charge in [0.15, 0.2) is 6.61 Å². The summed E-state index contributed by atoms with van der Waals surface area (Å²) in [6, 6.07) is 7.52. The molecule has 0 aliphatic heterocycles. The van der Waals surface area contributed by atoms with Crippen molar-refractivity contribution in [3.63, 3.8) is 0 Å². The number of esters is 1. The van der Waals surface area contributed by atoms with E-state index in [1.807, 2.05) is 6.92 Å². The zero-order valence-electron chi connectivity index (χ0n) is 18.2. The van der Waals surface area contributed by atoms with Crippen LogP contribution in [0, 0.1) is 17.8 Å². The van der Waals surface area contributed by atoms with Gasteiger partial charge in [-0.3, -0.25) is 4.79 Å². The Morgan fingerprint density at radius 3 is 2.70 bits per heavy atom. The Labute approximate surface area is 189 Å². The van der Waals surface area contributed by atoms with Crippen LogP contribution in [0.25, 0.3) is 0 Å². The quantitative estimate of drug-likeness (QED) is 0.571. The Balaban J connectivity index is 1.35. The molecule has 0 saturated heterocycles. The lowest BCUT2D eigenvalue weighted by Crippen LogP contribution is -2.42. The van der Waals surface area contributed by atoms with Crippen molar-refractivity contribution >= 4 is 23.4 Å². The molecule has 1 aromatic heterocycles. The number of aromatic nitrogens is 1. The number of hydrogen-bond acceptors (Lipinski definition) is 5. The first-order valence-corrected chi connectivity index (χ1v) is 11.1. The average Bonchev–Trinajstić information content (AvgIpc) is 3.41. The second-order valence-electron chi connectivity index (χ2n) is 8.87. The summed E-state index contributed by atoms with van der Waals surface area (Å²) in [6.45, 7) is 1.55. The van der Waals surface area contributed by atoms with E-state index < -0.39 is 24.3 Å². The van der Waals surface area contributed by atoms with E-state index in [9.17, 15) is 22.8 Å². The summed E-state index contributed by atoms with van der Waals surface area (Å²) in [7, 11) is 0. The minimum atomic E-state index is -4.49. The summed E-state index contributed by atoms with van der Waals surface area (Å²) in [4.78, 5) is 28.9. The van der Waals surface area contributed by atoms with Gasteiger partial charge in [-0.25, -0.2) is 9.78 Å². The number of benzene rings is 1. The van der Waals surface area contributed by atoms with Crippen molar-refractivity contribution in [1.29, 1.82) is 0 Å². The number of amides is 1. The van der Waals surface area contributed by atoms with Gasteiger partial charge in [0, 0.05) is 17.9 Å². The van der Waals surface area contributed by atoms with E-state index in [1.54, 1.807) is 0 Å². The summed E-state index contributed by atoms with van der Waals surface area (Å²) in [5.41, 5.74) is -0.687. The van der Waals surface area contributed by atoms with Crippen LogP contribution in [0.15, 0.2) is 42.6 Å². The number of ether oxygens (including phenoxy) is 1. The topological polar surface area (TPSA) is 80.3 Å². The maximum Gasteiger partial charge on any atom is 0.416 e. The number of carbonyl (C=O) groups excluding carboxylic acids is 2. The summed E-state index contributed by atoms with van der Waals surface area (Å²) in [5, 5.41) is 5.66. The maximum atomic E-state index is 13.0. The predicted molar refractivity (Wildman–Crippen MR) is 116 cm³/mol. The van der Waals surface area contributed by atoms with Crippen LogP contribution < -0.4 is 10.6 Å². The van der Waals surface area contributed by atoms with Gasteiger partial charge in [0.2, 0.25) is 0 Å². The lowest BCUT2D eigenvalue weighted by Gasteiger charge is -2.28. The first-order valence-electron chi connectivity index (χ1n) is 11.1. The van der Waals surface area contributed by atoms with Crippen molar-refractivity contribution < 1.29 is 27.5 Å². The number of fused-ring (bicyclic) bond motifs is 2. The molecule has 0 spiro atoms. The van der Waals surface area contributed by atoms with Crippen molar-refractivity contribution in [2.75, 3.05) is 11.9 Å². The highest BCUT2D eigenvalue weighted by atomic mass is 19.4. The summed E-state index contributed by atoms with van der Waals surface area (Å²) in [6.07, 6.45) is 1.77. The number of rotatable bonds is 7. The number of nitrogens with one attached hydrogen (secondary N) is 2. The molecule has 2 N–H and O–H groups in total. The molecule has 1 amide bonds. The van der Waals surface area contributed by atoms with Crippen molar-refractivity contribution in [1.82, 2.24) is 10.3 Å². The van der Waals surface area contributed by atoms with Gasteiger partial charge in [-0.15, -0.1) is 0 Å². The molecule has 0 radical (unpaired) electrons. The van der Waals surface area contributed by atoms with E-state index >= 15 is 0 Å². The average molecular weight is 461 g/mol. The van der Waals surface area contributed by atoms with Crippen LogP contribution in [0.5, 0.6) is 0 Å². The van der Waals surface area contributed by atoms with Gasteiger partial charge in [0.05, 0.1) is 5.56 Å². The van der Waals surface area contributed by atoms with Crippen molar-refractivity contribution in [2.24, 2.45) is 17.8 Å². The second-order valence-corrected chi connectivity index (χ2v) is 8.87. The third kappa shape index (κ3) is 5.46. The fraction of sp³-hybridized carbons (Fsp3) is 0.458. The van der Waals surface area contributed by atoms with Gasteiger partial charge < -0.3 is 15.4 Å². The van der Waals surface area contributed by atoms with Gasteiger partial charge in [0.25, 0.3) is 5.91 Å². The molecule has 2 aliphatic rings. The molecule has 1 aromatic carbocycles. The van der Waals surface area contributed by atoms with Gasteiger partial charge in [-0.1, -0.05) is 12.5 Å². The van der Waals surface area contributed by atoms with Crippen LogP contribution in [0.3, 0.4) is 0 Å². The van der Waals surface area contributed by atoms with Gasteiger partial charge in [0.1, 0.15) is 11.4 Å². The number of carbonyl (C=O) groups is 2. The van der Waals surface area contributed by atoms with Gasteiger partial charge in [-0.05, 0) is 74.3 Å². The van der Waals surface area contributed by atoms with E-state index in [-0.39, 0.29) is 29.0 Å². The summed E-state index contributed by atoms with van der Waals surface area (Å²) < 4.78 is 44.1. The Morgan fingerprint density at radius 1 is 1.18 bits per heavy atom. The third-order valence-electron chi connectivity index (χ3n) is 6.64. The highest BCUT2D eigenvalue weighted by Gasteiger charge is 2.42. The first kappa shape index (κ1) is 23.1. The lowest BCUT2D eigenvalue weighted by molar-refractivity contribution is -0.137. The molecule has 2 aromatic rings. The highest BCUT2D eigenvalue weighted by molar-refractivity contribution is 5.96. The van der Waals surface area contributed by atoms with Crippen LogP contribution in [-0.4, -0.2) is 29.5 Å². The number of anilines is 2. The van der Waals surface area contributed by atoms with Crippen LogP contribution >= 0.6 is 0 Å². The fourth-order valence-corrected chi connectivity index (χ4v) is 5.10. The van der Waals surface area contributed by atoms with Crippen LogP contribution in [0.2, 0.25) is 0 Å². The zero-order valence-corrected chi connectivity index (χ0v) is 18.2. The Hall–Kier alpha value is -3.10. The first-order chi connectivity index (χ1) is 15.7. The van der Waals surface area contributed by atoms with Crippen LogP contribution in [0.4, 0.5) is 24.7 Å². The molecule has 2 bridgehead atoms. The largest absolute Gasteiger partial charge is 0.452 e. The van der Waals surface area contributed by atoms with Gasteiger partial charge in [-0.2, -0.15) is 13.2 Å². The smallest absolute Gasteiger partial charge is 0.416 e. The number of pyridine rings is 1. The molecule has 2 fully saturated rings. The standard InChI is InChI=1S/C24H26F3N3O3/c1-14(20-11-15-7-8-16(20)10-15)29-21(31)13-33-23(32)19-6-3-9-28-22(19)30-18-5-2-4-17(12-18)24(25,26)27/h2-6,9,12,14-16,20H,7-8,10-11,13H2,1H3,(H,28,30)(H,29,31)/t14-,15-,16+,20-/m1/s1. The Morgan fingerprint density at radius 2 is 2.00 bits per heavy atom. The SMILES string of the molecule is C[C@@H](NC(=O)COC(=O)c1cccnc1Nc1cccc(C(F)(F)F)c1)[C@H]1C[C@@H]2CC[C@H]1C2. The molecule has 33 heavy (non-hydrogen) atoms. The number of hydrogen-bond donors (Lipinski definition) is 2. The number of halogens is 3. The van der Waals surface area contributed by atoms with Crippen LogP contribution in [-0.2, 0) is 15.7 Å². The second kappa shape index (κ2) is 9.41. The molecular formula is C24H26F3N3O3. The normalized spacial score (nSPS) is 22.6. The number of alkyl halides is 3. The fourth-order valence-electron chi connectivity index (χ4n) is 5.10. The minimum absolute atomic E-state index is 0.0167. The molecule has 176 valence electrons. The van der Waals surface area contributed by atoms with E-state index in [0.717, 1.165) is 24.5 Å². The minimum Gasteiger partial charge on any atom is -0.452 e.